The minimum absolute atomic E-state index is 0.503. The van der Waals surface area contributed by atoms with E-state index in [4.69, 9.17) is 0 Å². The first kappa shape index (κ1) is 14.3. The van der Waals surface area contributed by atoms with Gasteiger partial charge in [-0.05, 0) is 49.1 Å². The van der Waals surface area contributed by atoms with E-state index in [2.05, 4.69) is 37.9 Å². The van der Waals surface area contributed by atoms with E-state index in [9.17, 15) is 0 Å². The second-order valence-corrected chi connectivity index (χ2v) is 7.93. The van der Waals surface area contributed by atoms with Crippen LogP contribution in [0.3, 0.4) is 0 Å². The van der Waals surface area contributed by atoms with Crippen molar-refractivity contribution in [3.05, 3.63) is 0 Å². The Balaban J connectivity index is 1.65. The monoisotopic (exact) mass is 252 g/mol. The van der Waals surface area contributed by atoms with Gasteiger partial charge in [0.15, 0.2) is 0 Å². The Morgan fingerprint density at radius 2 is 1.94 bits per heavy atom. The number of hydrogen-bond donors (Lipinski definition) is 1. The van der Waals surface area contributed by atoms with Crippen molar-refractivity contribution in [2.75, 3.05) is 32.7 Å². The summed E-state index contributed by atoms with van der Waals surface area (Å²) >= 11 is 0. The molecule has 2 rings (SSSR count). The SMILES string of the molecule is CCCC1(C)CN(CC(C)(C)CCC2CNC2)C1. The van der Waals surface area contributed by atoms with Gasteiger partial charge in [-0.25, -0.2) is 0 Å². The van der Waals surface area contributed by atoms with Crippen LogP contribution in [-0.4, -0.2) is 37.6 Å². The molecule has 0 aromatic heterocycles. The van der Waals surface area contributed by atoms with Crippen molar-refractivity contribution in [1.29, 1.82) is 0 Å². The minimum Gasteiger partial charge on any atom is -0.316 e. The first-order chi connectivity index (χ1) is 8.42. The van der Waals surface area contributed by atoms with Gasteiger partial charge in [0.2, 0.25) is 0 Å². The van der Waals surface area contributed by atoms with Gasteiger partial charge in [-0.2, -0.15) is 0 Å². The van der Waals surface area contributed by atoms with Crippen LogP contribution in [0.4, 0.5) is 0 Å². The lowest BCUT2D eigenvalue weighted by Crippen LogP contribution is -2.56. The highest BCUT2D eigenvalue weighted by atomic mass is 15.2. The largest absolute Gasteiger partial charge is 0.316 e. The fourth-order valence-electron chi connectivity index (χ4n) is 3.74. The summed E-state index contributed by atoms with van der Waals surface area (Å²) in [4.78, 5) is 2.68. The van der Waals surface area contributed by atoms with Crippen LogP contribution in [0.1, 0.15) is 53.4 Å². The molecule has 2 aliphatic rings. The molecule has 0 unspecified atom stereocenters. The molecule has 0 aliphatic carbocycles. The third kappa shape index (κ3) is 3.71. The molecule has 18 heavy (non-hydrogen) atoms. The first-order valence-corrected chi connectivity index (χ1v) is 7.86. The maximum atomic E-state index is 3.37. The van der Waals surface area contributed by atoms with Crippen molar-refractivity contribution in [3.8, 4) is 0 Å². The maximum absolute atomic E-state index is 3.37. The second-order valence-electron chi connectivity index (χ2n) is 7.93. The molecule has 2 nitrogen and oxygen atoms in total. The highest BCUT2D eigenvalue weighted by Crippen LogP contribution is 2.37. The van der Waals surface area contributed by atoms with Crippen molar-refractivity contribution >= 4 is 0 Å². The number of nitrogens with zero attached hydrogens (tertiary/aromatic N) is 1. The predicted molar refractivity (Wildman–Crippen MR) is 78.8 cm³/mol. The van der Waals surface area contributed by atoms with Crippen LogP contribution in [0.2, 0.25) is 0 Å². The van der Waals surface area contributed by atoms with Crippen LogP contribution in [-0.2, 0) is 0 Å². The Morgan fingerprint density at radius 1 is 1.28 bits per heavy atom. The maximum Gasteiger partial charge on any atom is 0.00480 e. The number of nitrogens with one attached hydrogen (secondary N) is 1. The molecule has 0 spiro atoms. The molecule has 1 N–H and O–H groups in total. The summed E-state index contributed by atoms with van der Waals surface area (Å²) in [6.07, 6.45) is 5.54. The van der Waals surface area contributed by atoms with E-state index in [-0.39, 0.29) is 0 Å². The lowest BCUT2D eigenvalue weighted by molar-refractivity contribution is -0.0186. The summed E-state index contributed by atoms with van der Waals surface area (Å²) in [5.74, 6) is 0.964. The van der Waals surface area contributed by atoms with Gasteiger partial charge < -0.3 is 10.2 Å². The smallest absolute Gasteiger partial charge is 0.00480 e. The van der Waals surface area contributed by atoms with Gasteiger partial charge in [0.05, 0.1) is 0 Å². The topological polar surface area (TPSA) is 15.3 Å². The molecule has 106 valence electrons. The van der Waals surface area contributed by atoms with Gasteiger partial charge in [0.25, 0.3) is 0 Å². The van der Waals surface area contributed by atoms with Gasteiger partial charge in [-0.1, -0.05) is 34.1 Å². The van der Waals surface area contributed by atoms with Crippen LogP contribution in [0.15, 0.2) is 0 Å². The van der Waals surface area contributed by atoms with Crippen molar-refractivity contribution in [1.82, 2.24) is 10.2 Å². The fraction of sp³-hybridized carbons (Fsp3) is 1.00. The summed E-state index contributed by atoms with van der Waals surface area (Å²) in [6, 6.07) is 0. The average molecular weight is 252 g/mol. The number of likely N-dealkylation sites (tertiary alicyclic amines) is 1. The van der Waals surface area contributed by atoms with Crippen LogP contribution in [0.5, 0.6) is 0 Å². The zero-order valence-corrected chi connectivity index (χ0v) is 12.9. The lowest BCUT2D eigenvalue weighted by atomic mass is 9.75. The zero-order valence-electron chi connectivity index (χ0n) is 12.9. The van der Waals surface area contributed by atoms with Crippen molar-refractivity contribution in [2.45, 2.75) is 53.4 Å². The summed E-state index contributed by atoms with van der Waals surface area (Å²) in [7, 11) is 0. The molecule has 2 fully saturated rings. The van der Waals surface area contributed by atoms with Gasteiger partial charge in [0.1, 0.15) is 0 Å². The van der Waals surface area contributed by atoms with E-state index >= 15 is 0 Å². The molecule has 2 heteroatoms. The Labute approximate surface area is 114 Å². The fourth-order valence-corrected chi connectivity index (χ4v) is 3.74. The Kier molecular flexibility index (Phi) is 4.38. The Hall–Kier alpha value is -0.0800. The van der Waals surface area contributed by atoms with E-state index in [1.807, 2.05) is 0 Å². The highest BCUT2D eigenvalue weighted by Gasteiger charge is 2.39. The Morgan fingerprint density at radius 3 is 2.44 bits per heavy atom. The van der Waals surface area contributed by atoms with Gasteiger partial charge in [0, 0.05) is 19.6 Å². The zero-order chi connectivity index (χ0) is 13.2. The van der Waals surface area contributed by atoms with E-state index in [0.29, 0.717) is 10.8 Å². The quantitative estimate of drug-likeness (QED) is 0.749. The Bertz CT molecular complexity index is 262. The number of rotatable bonds is 7. The standard InChI is InChI=1S/C16H32N2/c1-5-7-16(4)12-18(13-16)11-15(2,3)8-6-14-9-17-10-14/h14,17H,5-13H2,1-4H3. The molecule has 0 aromatic carbocycles. The molecule has 2 heterocycles. The normalized spacial score (nSPS) is 24.7. The van der Waals surface area contributed by atoms with E-state index in [1.54, 1.807) is 0 Å². The summed E-state index contributed by atoms with van der Waals surface area (Å²) in [5, 5.41) is 3.37. The molecule has 0 atom stereocenters. The molecule has 0 saturated carbocycles. The van der Waals surface area contributed by atoms with Gasteiger partial charge in [-0.3, -0.25) is 0 Å². The van der Waals surface area contributed by atoms with Crippen molar-refractivity contribution < 1.29 is 0 Å². The third-order valence-electron chi connectivity index (χ3n) is 4.81. The molecule has 0 radical (unpaired) electrons. The third-order valence-corrected chi connectivity index (χ3v) is 4.81. The van der Waals surface area contributed by atoms with Gasteiger partial charge in [-0.15, -0.1) is 0 Å². The van der Waals surface area contributed by atoms with Gasteiger partial charge >= 0.3 is 0 Å². The highest BCUT2D eigenvalue weighted by molar-refractivity contribution is 4.93. The molecule has 2 saturated heterocycles. The minimum atomic E-state index is 0.503. The summed E-state index contributed by atoms with van der Waals surface area (Å²) < 4.78 is 0. The molecular weight excluding hydrogens is 220 g/mol. The molecule has 2 aliphatic heterocycles. The first-order valence-electron chi connectivity index (χ1n) is 7.86. The molecular formula is C16H32N2. The summed E-state index contributed by atoms with van der Waals surface area (Å²) in [6.45, 7) is 16.1. The number of hydrogen-bond acceptors (Lipinski definition) is 2. The van der Waals surface area contributed by atoms with Crippen LogP contribution in [0.25, 0.3) is 0 Å². The van der Waals surface area contributed by atoms with Crippen molar-refractivity contribution in [2.24, 2.45) is 16.7 Å². The van der Waals surface area contributed by atoms with E-state index in [0.717, 1.165) is 5.92 Å². The molecule has 0 amide bonds. The van der Waals surface area contributed by atoms with E-state index in [1.165, 1.54) is 58.4 Å². The average Bonchev–Trinajstić information content (AvgIpc) is 2.12. The predicted octanol–water partition coefficient (Wildman–Crippen LogP) is 3.13. The summed E-state index contributed by atoms with van der Waals surface area (Å²) in [5.41, 5.74) is 1.13. The molecule has 0 bridgehead atoms. The van der Waals surface area contributed by atoms with Crippen molar-refractivity contribution in [3.63, 3.8) is 0 Å². The van der Waals surface area contributed by atoms with Crippen LogP contribution in [0, 0.1) is 16.7 Å². The molecule has 0 aromatic rings. The van der Waals surface area contributed by atoms with E-state index < -0.39 is 0 Å². The van der Waals surface area contributed by atoms with Crippen LogP contribution >= 0.6 is 0 Å². The second kappa shape index (κ2) is 5.50. The van der Waals surface area contributed by atoms with Crippen LogP contribution < -0.4 is 5.32 Å². The lowest BCUT2D eigenvalue weighted by Gasteiger charge is -2.51.